The second-order valence-electron chi connectivity index (χ2n) is 3.42. The number of carbonyl (C=O) groups excluding carboxylic acids is 1. The average molecular weight is 237 g/mol. The van der Waals surface area contributed by atoms with Crippen LogP contribution >= 0.6 is 0 Å². The maximum absolute atomic E-state index is 11.1. The molecular weight excluding hydrogens is 222 g/mol. The van der Waals surface area contributed by atoms with Crippen LogP contribution in [-0.4, -0.2) is 16.6 Å². The molecule has 0 N–H and O–H groups in total. The molecule has 0 aromatic carbocycles. The van der Waals surface area contributed by atoms with Crippen molar-refractivity contribution >= 4 is 5.97 Å². The van der Waals surface area contributed by atoms with Crippen LogP contribution in [0.1, 0.15) is 26.7 Å². The first-order valence-electron chi connectivity index (χ1n) is 5.43. The smallest absolute Gasteiger partial charge is 0.418 e. The van der Waals surface area contributed by atoms with Gasteiger partial charge >= 0.3 is 11.7 Å². The minimum atomic E-state index is -0.478. The van der Waals surface area contributed by atoms with E-state index in [-0.39, 0.29) is 5.97 Å². The van der Waals surface area contributed by atoms with Crippen LogP contribution in [-0.2, 0) is 16.1 Å². The fourth-order valence-electron chi connectivity index (χ4n) is 1.29. The number of rotatable bonds is 4. The maximum Gasteiger partial charge on any atom is 0.418 e. The van der Waals surface area contributed by atoms with Gasteiger partial charge in [0.1, 0.15) is 6.26 Å². The summed E-state index contributed by atoms with van der Waals surface area (Å²) in [6.45, 7) is 3.66. The minimum absolute atomic E-state index is 0.375. The zero-order valence-electron chi connectivity index (χ0n) is 9.93. The summed E-state index contributed by atoms with van der Waals surface area (Å²) < 4.78 is 11.1. The van der Waals surface area contributed by atoms with Crippen LogP contribution in [0.3, 0.4) is 0 Å². The van der Waals surface area contributed by atoms with Gasteiger partial charge in [-0.05, 0) is 0 Å². The molecule has 1 heterocycles. The lowest BCUT2D eigenvalue weighted by Gasteiger charge is -2.10. The first kappa shape index (κ1) is 13.1. The molecule has 0 fully saturated rings. The first-order valence-corrected chi connectivity index (χ1v) is 5.43. The van der Waals surface area contributed by atoms with Gasteiger partial charge in [0.2, 0.25) is 0 Å². The molecule has 0 bridgehead atoms. The normalized spacial score (nSPS) is 11.4. The molecular formula is C12H15NO4. The lowest BCUT2D eigenvalue weighted by Crippen LogP contribution is -2.20. The third-order valence-corrected chi connectivity index (χ3v) is 2.02. The molecule has 0 aliphatic rings. The topological polar surface area (TPSA) is 61.4 Å². The summed E-state index contributed by atoms with van der Waals surface area (Å²) in [5, 5.41) is 0. The van der Waals surface area contributed by atoms with Crippen LogP contribution in [0, 0.1) is 11.8 Å². The molecule has 1 rings (SSSR count). The predicted octanol–water partition coefficient (Wildman–Crippen LogP) is 1.18. The number of nitrogens with zero attached hydrogens (tertiary/aromatic N) is 1. The van der Waals surface area contributed by atoms with Gasteiger partial charge in [0.15, 0.2) is 6.10 Å². The van der Waals surface area contributed by atoms with E-state index in [0.717, 1.165) is 0 Å². The molecule has 1 atom stereocenters. The Morgan fingerprint density at radius 2 is 2.41 bits per heavy atom. The van der Waals surface area contributed by atoms with Gasteiger partial charge in [0.05, 0.1) is 0 Å². The Labute approximate surface area is 99.4 Å². The van der Waals surface area contributed by atoms with Crippen LogP contribution in [0.2, 0.25) is 0 Å². The van der Waals surface area contributed by atoms with Crippen molar-refractivity contribution in [1.82, 2.24) is 4.57 Å². The largest absolute Gasteiger partial charge is 0.449 e. The van der Waals surface area contributed by atoms with E-state index in [0.29, 0.717) is 19.4 Å². The molecule has 5 heteroatoms. The van der Waals surface area contributed by atoms with E-state index in [2.05, 4.69) is 16.3 Å². The van der Waals surface area contributed by atoms with Gasteiger partial charge in [-0.3, -0.25) is 9.36 Å². The molecule has 1 unspecified atom stereocenters. The third kappa shape index (κ3) is 4.60. The van der Waals surface area contributed by atoms with Crippen molar-refractivity contribution in [3.05, 3.63) is 23.0 Å². The van der Waals surface area contributed by atoms with Crippen LogP contribution < -0.4 is 5.76 Å². The molecule has 0 amide bonds. The highest BCUT2D eigenvalue weighted by Crippen LogP contribution is 2.00. The summed E-state index contributed by atoms with van der Waals surface area (Å²) >= 11 is 0. The lowest BCUT2D eigenvalue weighted by molar-refractivity contribution is -0.144. The number of carbonyl (C=O) groups is 1. The molecule has 1 aromatic rings. The number of ether oxygens (including phenoxy) is 1. The Kier molecular flexibility index (Phi) is 5.08. The van der Waals surface area contributed by atoms with E-state index in [1.54, 1.807) is 6.20 Å². The molecule has 1 aromatic heterocycles. The van der Waals surface area contributed by atoms with Crippen LogP contribution in [0.25, 0.3) is 0 Å². The van der Waals surface area contributed by atoms with Gasteiger partial charge in [-0.2, -0.15) is 0 Å². The number of esters is 1. The zero-order chi connectivity index (χ0) is 12.7. The van der Waals surface area contributed by atoms with Gasteiger partial charge in [0.25, 0.3) is 0 Å². The SMILES string of the molecule is CCC#CC(CCn1ccoc1=O)OC(C)=O. The summed E-state index contributed by atoms with van der Waals surface area (Å²) in [4.78, 5) is 22.0. The standard InChI is InChI=1S/C12H15NO4/c1-3-4-5-11(17-10(2)14)6-7-13-8-9-16-12(13)15/h8-9,11H,3,6-7H2,1-2H3. The number of aromatic nitrogens is 1. The van der Waals surface area contributed by atoms with Gasteiger partial charge < -0.3 is 9.15 Å². The van der Waals surface area contributed by atoms with Crippen LogP contribution in [0.5, 0.6) is 0 Å². The molecule has 0 saturated carbocycles. The van der Waals surface area contributed by atoms with Crippen molar-refractivity contribution in [3.63, 3.8) is 0 Å². The van der Waals surface area contributed by atoms with Crippen molar-refractivity contribution in [2.45, 2.75) is 39.3 Å². The molecule has 0 aliphatic carbocycles. The minimum Gasteiger partial charge on any atom is -0.449 e. The van der Waals surface area contributed by atoms with Crippen molar-refractivity contribution in [3.8, 4) is 11.8 Å². The predicted molar refractivity (Wildman–Crippen MR) is 61.2 cm³/mol. The van der Waals surface area contributed by atoms with Crippen LogP contribution in [0.15, 0.2) is 21.7 Å². The van der Waals surface area contributed by atoms with E-state index >= 15 is 0 Å². The highest BCUT2D eigenvalue weighted by Gasteiger charge is 2.09. The van der Waals surface area contributed by atoms with Crippen LogP contribution in [0.4, 0.5) is 0 Å². The second kappa shape index (κ2) is 6.59. The van der Waals surface area contributed by atoms with Crippen molar-refractivity contribution in [2.24, 2.45) is 0 Å². The van der Waals surface area contributed by atoms with Gasteiger partial charge in [-0.1, -0.05) is 18.8 Å². The zero-order valence-corrected chi connectivity index (χ0v) is 9.93. The van der Waals surface area contributed by atoms with E-state index in [9.17, 15) is 9.59 Å². The van der Waals surface area contributed by atoms with E-state index in [1.807, 2.05) is 6.92 Å². The van der Waals surface area contributed by atoms with E-state index in [4.69, 9.17) is 4.74 Å². The number of aryl methyl sites for hydroxylation is 1. The highest BCUT2D eigenvalue weighted by atomic mass is 16.5. The number of hydrogen-bond acceptors (Lipinski definition) is 4. The summed E-state index contributed by atoms with van der Waals surface area (Å²) in [7, 11) is 0. The van der Waals surface area contributed by atoms with Crippen molar-refractivity contribution < 1.29 is 13.9 Å². The number of hydrogen-bond donors (Lipinski definition) is 0. The van der Waals surface area contributed by atoms with Gasteiger partial charge in [0, 0.05) is 32.5 Å². The Hall–Kier alpha value is -1.96. The summed E-state index contributed by atoms with van der Waals surface area (Å²) in [6, 6.07) is 0. The summed E-state index contributed by atoms with van der Waals surface area (Å²) in [5.74, 6) is 4.91. The fraction of sp³-hybridized carbons (Fsp3) is 0.500. The Bertz CT molecular complexity index is 474. The highest BCUT2D eigenvalue weighted by molar-refractivity contribution is 5.66. The average Bonchev–Trinajstić information content (AvgIpc) is 2.67. The molecule has 0 spiro atoms. The molecule has 0 saturated heterocycles. The Balaban J connectivity index is 2.57. The first-order chi connectivity index (χ1) is 8.13. The molecule has 92 valence electrons. The fourth-order valence-corrected chi connectivity index (χ4v) is 1.29. The summed E-state index contributed by atoms with van der Waals surface area (Å²) in [5.41, 5.74) is 0. The summed E-state index contributed by atoms with van der Waals surface area (Å²) in [6.07, 6.45) is 3.55. The molecule has 17 heavy (non-hydrogen) atoms. The van der Waals surface area contributed by atoms with Gasteiger partial charge in [-0.15, -0.1) is 0 Å². The molecule has 5 nitrogen and oxygen atoms in total. The molecule has 0 aliphatic heterocycles. The quantitative estimate of drug-likeness (QED) is 0.582. The maximum atomic E-state index is 11.1. The second-order valence-corrected chi connectivity index (χ2v) is 3.42. The van der Waals surface area contributed by atoms with E-state index < -0.39 is 11.9 Å². The number of oxazole rings is 1. The van der Waals surface area contributed by atoms with E-state index in [1.165, 1.54) is 17.8 Å². The van der Waals surface area contributed by atoms with Gasteiger partial charge in [-0.25, -0.2) is 4.79 Å². The Morgan fingerprint density at radius 1 is 1.65 bits per heavy atom. The van der Waals surface area contributed by atoms with Crippen molar-refractivity contribution in [1.29, 1.82) is 0 Å². The monoisotopic (exact) mass is 237 g/mol. The Morgan fingerprint density at radius 3 is 2.94 bits per heavy atom. The molecule has 0 radical (unpaired) electrons. The lowest BCUT2D eigenvalue weighted by atomic mass is 10.2. The van der Waals surface area contributed by atoms with Crippen molar-refractivity contribution in [2.75, 3.05) is 0 Å². The third-order valence-electron chi connectivity index (χ3n) is 2.02.